The summed E-state index contributed by atoms with van der Waals surface area (Å²) in [5.74, 6) is -1.41. The monoisotopic (exact) mass is 369 g/mol. The number of hydrogen-bond acceptors (Lipinski definition) is 5. The number of nitrogens with zero attached hydrogens (tertiary/aromatic N) is 2. The van der Waals surface area contributed by atoms with Crippen LogP contribution in [0.1, 0.15) is 34.1 Å². The Morgan fingerprint density at radius 3 is 2.12 bits per heavy atom. The van der Waals surface area contributed by atoms with Crippen LogP contribution in [0.15, 0.2) is 0 Å². The third-order valence-corrected chi connectivity index (χ3v) is 5.21. The molecule has 0 aromatic carbocycles. The Kier molecular flexibility index (Phi) is 5.71. The van der Waals surface area contributed by atoms with Gasteiger partial charge in [-0.3, -0.25) is 9.59 Å². The average Bonchev–Trinajstić information content (AvgIpc) is 2.54. The zero-order valence-electron chi connectivity index (χ0n) is 15.4. The van der Waals surface area contributed by atoms with Crippen molar-refractivity contribution >= 4 is 35.0 Å². The van der Waals surface area contributed by atoms with E-state index >= 15 is 0 Å². The number of thiocarbonyl (C=S) groups is 1. The van der Waals surface area contributed by atoms with Crippen LogP contribution in [0.2, 0.25) is 0 Å². The summed E-state index contributed by atoms with van der Waals surface area (Å²) >= 11 is 5.46. The lowest BCUT2D eigenvalue weighted by Crippen LogP contribution is -2.70. The third-order valence-electron chi connectivity index (χ3n) is 4.81. The molecular formula is C17H27N3O4S. The highest BCUT2D eigenvalue weighted by Gasteiger charge is 2.57. The van der Waals surface area contributed by atoms with Crippen molar-refractivity contribution in [2.75, 3.05) is 39.3 Å². The van der Waals surface area contributed by atoms with Gasteiger partial charge in [-0.15, -0.1) is 0 Å². The Bertz CT molecular complexity index is 572. The van der Waals surface area contributed by atoms with Crippen molar-refractivity contribution in [1.82, 2.24) is 15.1 Å². The van der Waals surface area contributed by atoms with Crippen LogP contribution in [0.4, 0.5) is 0 Å². The number of ether oxygens (including phenoxy) is 1. The van der Waals surface area contributed by atoms with Crippen molar-refractivity contribution in [3.05, 3.63) is 0 Å². The van der Waals surface area contributed by atoms with E-state index in [1.54, 1.807) is 6.92 Å². The highest BCUT2D eigenvalue weighted by atomic mass is 32.1. The topological polar surface area (TPSA) is 78.9 Å². The van der Waals surface area contributed by atoms with Gasteiger partial charge in [-0.1, -0.05) is 6.92 Å². The second-order valence-electron chi connectivity index (χ2n) is 7.42. The molecule has 25 heavy (non-hydrogen) atoms. The number of piperidine rings is 2. The second kappa shape index (κ2) is 7.27. The van der Waals surface area contributed by atoms with Crippen LogP contribution >= 0.6 is 12.2 Å². The molecule has 0 saturated carbocycles. The molecule has 0 unspecified atom stereocenters. The predicted molar refractivity (Wildman–Crippen MR) is 96.9 cm³/mol. The number of ketones is 1. The number of carbonyl (C=O) groups is 3. The summed E-state index contributed by atoms with van der Waals surface area (Å²) in [6, 6.07) is 0. The van der Waals surface area contributed by atoms with Gasteiger partial charge in [0.1, 0.15) is 0 Å². The molecule has 1 N–H and O–H groups in total. The van der Waals surface area contributed by atoms with Crippen LogP contribution < -0.4 is 5.32 Å². The van der Waals surface area contributed by atoms with Crippen LogP contribution in [0, 0.1) is 10.8 Å². The fourth-order valence-electron chi connectivity index (χ4n) is 3.87. The number of likely N-dealkylation sites (tertiary alicyclic amines) is 2. The molecule has 1 amide bonds. The first kappa shape index (κ1) is 19.6. The number of Topliss-reactive ketones (excluding diaryl/α,β-unsaturated/α-hetero) is 1. The molecular weight excluding hydrogens is 342 g/mol. The molecule has 2 aliphatic rings. The minimum Gasteiger partial charge on any atom is -0.459 e. The van der Waals surface area contributed by atoms with E-state index in [0.717, 1.165) is 13.0 Å². The van der Waals surface area contributed by atoms with Crippen LogP contribution in [0.3, 0.4) is 0 Å². The summed E-state index contributed by atoms with van der Waals surface area (Å²) in [6.45, 7) is 9.60. The summed E-state index contributed by atoms with van der Waals surface area (Å²) in [5.41, 5.74) is -1.52. The van der Waals surface area contributed by atoms with E-state index in [1.165, 1.54) is 4.90 Å². The predicted octanol–water partition coefficient (Wildman–Crippen LogP) is 0.574. The van der Waals surface area contributed by atoms with E-state index in [9.17, 15) is 14.4 Å². The zero-order valence-corrected chi connectivity index (χ0v) is 16.2. The Hall–Kier alpha value is -1.70. The van der Waals surface area contributed by atoms with E-state index in [-0.39, 0.29) is 25.5 Å². The minimum absolute atomic E-state index is 0.127. The van der Waals surface area contributed by atoms with Gasteiger partial charge in [-0.2, -0.15) is 0 Å². The quantitative estimate of drug-likeness (QED) is 0.443. The minimum atomic E-state index is -0.862. The van der Waals surface area contributed by atoms with Crippen LogP contribution in [0.25, 0.3) is 0 Å². The number of nitrogens with one attached hydrogen (secondary N) is 1. The van der Waals surface area contributed by atoms with Crippen molar-refractivity contribution in [3.8, 4) is 0 Å². The molecule has 0 aliphatic carbocycles. The van der Waals surface area contributed by atoms with Crippen molar-refractivity contribution in [3.63, 3.8) is 0 Å². The summed E-state index contributed by atoms with van der Waals surface area (Å²) in [4.78, 5) is 40.6. The molecule has 2 atom stereocenters. The first-order chi connectivity index (χ1) is 11.7. The number of esters is 1. The Labute approximate surface area is 154 Å². The van der Waals surface area contributed by atoms with E-state index in [2.05, 4.69) is 12.2 Å². The maximum Gasteiger partial charge on any atom is 0.397 e. The van der Waals surface area contributed by atoms with E-state index in [0.29, 0.717) is 18.2 Å². The lowest BCUT2D eigenvalue weighted by atomic mass is 9.64. The summed E-state index contributed by atoms with van der Waals surface area (Å²) < 4.78 is 4.82. The summed E-state index contributed by atoms with van der Waals surface area (Å²) in [7, 11) is 0. The van der Waals surface area contributed by atoms with Gasteiger partial charge in [-0.05, 0) is 39.4 Å². The van der Waals surface area contributed by atoms with E-state index in [4.69, 9.17) is 17.0 Å². The maximum absolute atomic E-state index is 13.0. The first-order valence-electron chi connectivity index (χ1n) is 8.70. The van der Waals surface area contributed by atoms with Crippen molar-refractivity contribution < 1.29 is 19.1 Å². The average molecular weight is 369 g/mol. The van der Waals surface area contributed by atoms with Gasteiger partial charge in [0.2, 0.25) is 0 Å². The molecule has 8 heteroatoms. The number of rotatable bonds is 3. The highest BCUT2D eigenvalue weighted by Crippen LogP contribution is 2.42. The molecule has 2 rings (SSSR count). The molecule has 2 aliphatic heterocycles. The summed E-state index contributed by atoms with van der Waals surface area (Å²) in [5, 5.41) is 3.84. The van der Waals surface area contributed by atoms with Crippen molar-refractivity contribution in [1.29, 1.82) is 0 Å². The number of fused-ring (bicyclic) bond motifs is 2. The maximum atomic E-state index is 13.0. The Morgan fingerprint density at radius 2 is 1.64 bits per heavy atom. The van der Waals surface area contributed by atoms with Crippen LogP contribution in [0.5, 0.6) is 0 Å². The fourth-order valence-corrected chi connectivity index (χ4v) is 4.10. The molecule has 0 radical (unpaired) electrons. The number of carbonyl (C=O) groups excluding carboxylic acids is 3. The van der Waals surface area contributed by atoms with Gasteiger partial charge in [0.25, 0.3) is 0 Å². The standard InChI is InChI=1S/C17H27N3O4S/c1-5-7-18-15(25)20-10-16(3)8-19(12(21)13(22)24-6-2)9-17(4,11-20)14(16)23/h5-11H2,1-4H3,(H,18,25)/t16-,17-/m0/s1. The molecule has 0 spiro atoms. The van der Waals surface area contributed by atoms with Gasteiger partial charge in [0.15, 0.2) is 10.9 Å². The van der Waals surface area contributed by atoms with E-state index < -0.39 is 22.7 Å². The van der Waals surface area contributed by atoms with Gasteiger partial charge < -0.3 is 19.9 Å². The number of amides is 1. The molecule has 0 aromatic rings. The van der Waals surface area contributed by atoms with Gasteiger partial charge in [0.05, 0.1) is 17.4 Å². The first-order valence-corrected chi connectivity index (χ1v) is 9.11. The van der Waals surface area contributed by atoms with Gasteiger partial charge >= 0.3 is 11.9 Å². The Morgan fingerprint density at radius 1 is 1.12 bits per heavy atom. The normalized spacial score (nSPS) is 28.6. The molecule has 7 nitrogen and oxygen atoms in total. The van der Waals surface area contributed by atoms with Crippen LogP contribution in [-0.4, -0.2) is 71.9 Å². The molecule has 0 aromatic heterocycles. The van der Waals surface area contributed by atoms with E-state index in [1.807, 2.05) is 18.7 Å². The van der Waals surface area contributed by atoms with Crippen molar-refractivity contribution in [2.24, 2.45) is 10.8 Å². The lowest BCUT2D eigenvalue weighted by molar-refractivity contribution is -0.169. The van der Waals surface area contributed by atoms with Crippen LogP contribution in [-0.2, 0) is 19.1 Å². The van der Waals surface area contributed by atoms with Gasteiger partial charge in [0, 0.05) is 32.7 Å². The number of hydrogen-bond donors (Lipinski definition) is 1. The second-order valence-corrected chi connectivity index (χ2v) is 7.81. The molecule has 2 heterocycles. The highest BCUT2D eigenvalue weighted by molar-refractivity contribution is 7.80. The zero-order chi connectivity index (χ0) is 18.8. The molecule has 2 saturated heterocycles. The molecule has 2 bridgehead atoms. The molecule has 2 fully saturated rings. The smallest absolute Gasteiger partial charge is 0.397 e. The molecule has 140 valence electrons. The third kappa shape index (κ3) is 3.78. The van der Waals surface area contributed by atoms with Gasteiger partial charge in [-0.25, -0.2) is 4.79 Å². The summed E-state index contributed by atoms with van der Waals surface area (Å²) in [6.07, 6.45) is 0.962. The SMILES string of the molecule is CCCNC(=S)N1C[C@]2(C)CN(C(=O)C(=O)OCC)C[C@@](C)(C1)C2=O. The fraction of sp³-hybridized carbons (Fsp3) is 0.765. The van der Waals surface area contributed by atoms with Crippen molar-refractivity contribution in [2.45, 2.75) is 34.1 Å². The largest absolute Gasteiger partial charge is 0.459 e. The lowest BCUT2D eigenvalue weighted by Gasteiger charge is -2.55. The Balaban J connectivity index is 2.20.